The molecule has 1 aliphatic carbocycles. The van der Waals surface area contributed by atoms with Crippen LogP contribution in [-0.4, -0.2) is 18.7 Å². The van der Waals surface area contributed by atoms with Crippen molar-refractivity contribution < 1.29 is 9.53 Å². The molecular weight excluding hydrogens is 216 g/mol. The van der Waals surface area contributed by atoms with E-state index in [0.717, 1.165) is 30.7 Å². The number of urea groups is 1. The van der Waals surface area contributed by atoms with Gasteiger partial charge >= 0.3 is 6.03 Å². The van der Waals surface area contributed by atoms with E-state index in [4.69, 9.17) is 4.74 Å². The highest BCUT2D eigenvalue weighted by Gasteiger charge is 2.23. The summed E-state index contributed by atoms with van der Waals surface area (Å²) in [5.41, 5.74) is 0.721. The summed E-state index contributed by atoms with van der Waals surface area (Å²) < 4.78 is 5.57. The molecule has 1 saturated carbocycles. The molecule has 0 aliphatic heterocycles. The number of rotatable bonds is 5. The predicted molar refractivity (Wildman–Crippen MR) is 67.4 cm³/mol. The second-order valence-electron chi connectivity index (χ2n) is 4.22. The van der Waals surface area contributed by atoms with E-state index < -0.39 is 0 Å². The molecule has 2 amide bonds. The SMILES string of the molecule is CCCOc1ccccc1NC(=O)NC1CC1. The van der Waals surface area contributed by atoms with Crippen LogP contribution in [0.1, 0.15) is 26.2 Å². The van der Waals surface area contributed by atoms with Gasteiger partial charge in [-0.05, 0) is 31.4 Å². The molecule has 1 aliphatic rings. The molecule has 0 spiro atoms. The van der Waals surface area contributed by atoms with Gasteiger partial charge in [0.05, 0.1) is 12.3 Å². The minimum atomic E-state index is -0.153. The minimum absolute atomic E-state index is 0.153. The third-order valence-corrected chi connectivity index (χ3v) is 2.51. The topological polar surface area (TPSA) is 50.4 Å². The molecular formula is C13H18N2O2. The molecule has 1 aromatic rings. The first-order chi connectivity index (χ1) is 8.29. The van der Waals surface area contributed by atoms with Gasteiger partial charge in [-0.2, -0.15) is 0 Å². The number of hydrogen-bond acceptors (Lipinski definition) is 2. The van der Waals surface area contributed by atoms with Crippen LogP contribution < -0.4 is 15.4 Å². The molecule has 0 heterocycles. The standard InChI is InChI=1S/C13H18N2O2/c1-2-9-17-12-6-4-3-5-11(12)15-13(16)14-10-7-8-10/h3-6,10H,2,7-9H2,1H3,(H2,14,15,16). The molecule has 0 atom stereocenters. The molecule has 0 unspecified atom stereocenters. The molecule has 0 saturated heterocycles. The maximum Gasteiger partial charge on any atom is 0.319 e. The van der Waals surface area contributed by atoms with Crippen LogP contribution in [-0.2, 0) is 0 Å². The van der Waals surface area contributed by atoms with Crippen molar-refractivity contribution >= 4 is 11.7 Å². The summed E-state index contributed by atoms with van der Waals surface area (Å²) in [5, 5.41) is 5.70. The Kier molecular flexibility index (Phi) is 3.85. The normalized spacial score (nSPS) is 14.2. The van der Waals surface area contributed by atoms with Crippen LogP contribution in [0.5, 0.6) is 5.75 Å². The zero-order chi connectivity index (χ0) is 12.1. The summed E-state index contributed by atoms with van der Waals surface area (Å²) in [7, 11) is 0. The molecule has 4 nitrogen and oxygen atoms in total. The van der Waals surface area contributed by atoms with Gasteiger partial charge in [-0.15, -0.1) is 0 Å². The molecule has 17 heavy (non-hydrogen) atoms. The van der Waals surface area contributed by atoms with Crippen molar-refractivity contribution in [1.82, 2.24) is 5.32 Å². The summed E-state index contributed by atoms with van der Waals surface area (Å²) in [6.45, 7) is 2.71. The third kappa shape index (κ3) is 3.66. The predicted octanol–water partition coefficient (Wildman–Crippen LogP) is 2.76. The van der Waals surface area contributed by atoms with Crippen molar-refractivity contribution in [2.75, 3.05) is 11.9 Å². The number of anilines is 1. The number of ether oxygens (including phenoxy) is 1. The van der Waals surface area contributed by atoms with Gasteiger partial charge in [-0.3, -0.25) is 0 Å². The van der Waals surface area contributed by atoms with E-state index in [1.165, 1.54) is 0 Å². The highest BCUT2D eigenvalue weighted by atomic mass is 16.5. The Labute approximate surface area is 101 Å². The Balaban J connectivity index is 1.95. The van der Waals surface area contributed by atoms with Gasteiger partial charge in [0.1, 0.15) is 5.75 Å². The van der Waals surface area contributed by atoms with Crippen molar-refractivity contribution in [3.63, 3.8) is 0 Å². The third-order valence-electron chi connectivity index (χ3n) is 2.51. The van der Waals surface area contributed by atoms with Gasteiger partial charge < -0.3 is 15.4 Å². The van der Waals surface area contributed by atoms with Crippen LogP contribution in [0.4, 0.5) is 10.5 Å². The number of benzene rings is 1. The van der Waals surface area contributed by atoms with Gasteiger partial charge in [0.2, 0.25) is 0 Å². The summed E-state index contributed by atoms with van der Waals surface area (Å²) in [6.07, 6.45) is 3.12. The van der Waals surface area contributed by atoms with E-state index in [9.17, 15) is 4.79 Å². The molecule has 2 N–H and O–H groups in total. The van der Waals surface area contributed by atoms with Crippen molar-refractivity contribution in [3.8, 4) is 5.75 Å². The lowest BCUT2D eigenvalue weighted by Gasteiger charge is -2.12. The first-order valence-electron chi connectivity index (χ1n) is 6.09. The maximum atomic E-state index is 11.6. The van der Waals surface area contributed by atoms with Gasteiger partial charge in [0.15, 0.2) is 0 Å². The molecule has 1 fully saturated rings. The zero-order valence-corrected chi connectivity index (χ0v) is 10.0. The van der Waals surface area contributed by atoms with E-state index in [-0.39, 0.29) is 6.03 Å². The van der Waals surface area contributed by atoms with Crippen molar-refractivity contribution in [2.24, 2.45) is 0 Å². The number of para-hydroxylation sites is 2. The highest BCUT2D eigenvalue weighted by Crippen LogP contribution is 2.24. The first kappa shape index (κ1) is 11.8. The second kappa shape index (κ2) is 5.57. The first-order valence-corrected chi connectivity index (χ1v) is 6.09. The molecule has 0 bridgehead atoms. The molecule has 2 rings (SSSR count). The lowest BCUT2D eigenvalue weighted by atomic mass is 10.3. The number of carbonyl (C=O) groups is 1. The van der Waals surface area contributed by atoms with Crippen molar-refractivity contribution in [3.05, 3.63) is 24.3 Å². The lowest BCUT2D eigenvalue weighted by molar-refractivity contribution is 0.251. The number of carbonyl (C=O) groups excluding carboxylic acids is 1. The fourth-order valence-corrected chi connectivity index (χ4v) is 1.48. The van der Waals surface area contributed by atoms with Crippen LogP contribution in [0.3, 0.4) is 0 Å². The zero-order valence-electron chi connectivity index (χ0n) is 10.0. The van der Waals surface area contributed by atoms with Crippen LogP contribution in [0.25, 0.3) is 0 Å². The Bertz CT molecular complexity index is 389. The van der Waals surface area contributed by atoms with E-state index in [2.05, 4.69) is 17.6 Å². The van der Waals surface area contributed by atoms with E-state index in [1.54, 1.807) is 0 Å². The second-order valence-corrected chi connectivity index (χ2v) is 4.22. The Morgan fingerprint density at radius 3 is 2.88 bits per heavy atom. The smallest absolute Gasteiger partial charge is 0.319 e. The van der Waals surface area contributed by atoms with Crippen molar-refractivity contribution in [2.45, 2.75) is 32.2 Å². The molecule has 1 aromatic carbocycles. The van der Waals surface area contributed by atoms with E-state index in [0.29, 0.717) is 12.6 Å². The Hall–Kier alpha value is -1.71. The van der Waals surface area contributed by atoms with Crippen LogP contribution in [0, 0.1) is 0 Å². The van der Waals surface area contributed by atoms with Gasteiger partial charge in [-0.25, -0.2) is 4.79 Å². The van der Waals surface area contributed by atoms with E-state index >= 15 is 0 Å². The van der Waals surface area contributed by atoms with E-state index in [1.807, 2.05) is 24.3 Å². The Morgan fingerprint density at radius 2 is 2.18 bits per heavy atom. The number of amides is 2. The van der Waals surface area contributed by atoms with Crippen LogP contribution >= 0.6 is 0 Å². The maximum absolute atomic E-state index is 11.6. The fraction of sp³-hybridized carbons (Fsp3) is 0.462. The highest BCUT2D eigenvalue weighted by molar-refractivity contribution is 5.91. The summed E-state index contributed by atoms with van der Waals surface area (Å²) in [4.78, 5) is 11.6. The Morgan fingerprint density at radius 1 is 1.41 bits per heavy atom. The monoisotopic (exact) mass is 234 g/mol. The molecule has 4 heteroatoms. The van der Waals surface area contributed by atoms with Crippen LogP contribution in [0.2, 0.25) is 0 Å². The van der Waals surface area contributed by atoms with Gasteiger partial charge in [0, 0.05) is 6.04 Å². The van der Waals surface area contributed by atoms with Crippen LogP contribution in [0.15, 0.2) is 24.3 Å². The molecule has 0 aromatic heterocycles. The summed E-state index contributed by atoms with van der Waals surface area (Å²) in [5.74, 6) is 0.722. The minimum Gasteiger partial charge on any atom is -0.491 e. The summed E-state index contributed by atoms with van der Waals surface area (Å²) in [6, 6.07) is 7.69. The van der Waals surface area contributed by atoms with Gasteiger partial charge in [-0.1, -0.05) is 19.1 Å². The average Bonchev–Trinajstić information content (AvgIpc) is 3.11. The van der Waals surface area contributed by atoms with Crippen molar-refractivity contribution in [1.29, 1.82) is 0 Å². The lowest BCUT2D eigenvalue weighted by Crippen LogP contribution is -2.30. The molecule has 92 valence electrons. The fourth-order valence-electron chi connectivity index (χ4n) is 1.48. The quantitative estimate of drug-likeness (QED) is 0.823. The average molecular weight is 234 g/mol. The number of hydrogen-bond donors (Lipinski definition) is 2. The summed E-state index contributed by atoms with van der Waals surface area (Å²) >= 11 is 0. The molecule has 0 radical (unpaired) electrons. The van der Waals surface area contributed by atoms with Gasteiger partial charge in [0.25, 0.3) is 0 Å². The number of nitrogens with one attached hydrogen (secondary N) is 2. The largest absolute Gasteiger partial charge is 0.491 e.